The Balaban J connectivity index is 1.01. The zero-order chi connectivity index (χ0) is 65.1. The van der Waals surface area contributed by atoms with E-state index in [4.69, 9.17) is 71.1 Å². The number of carbonyl (C=O) groups excluding carboxylic acids is 1. The summed E-state index contributed by atoms with van der Waals surface area (Å²) in [5.74, 6) is 0.232. The number of carbonyl (C=O) groups is 1. The van der Waals surface area contributed by atoms with E-state index in [0.29, 0.717) is 12.4 Å². The number of rotatable bonds is 31. The summed E-state index contributed by atoms with van der Waals surface area (Å²) in [6, 6.07) is 66.2. The van der Waals surface area contributed by atoms with Gasteiger partial charge in [-0.3, -0.25) is 4.79 Å². The third-order valence-corrected chi connectivity index (χ3v) is 18.7. The molecule has 7 aromatic carbocycles. The van der Waals surface area contributed by atoms with E-state index in [1.807, 2.05) is 206 Å². The van der Waals surface area contributed by atoms with Gasteiger partial charge in [-0.15, -0.1) is 0 Å². The summed E-state index contributed by atoms with van der Waals surface area (Å²) in [6.07, 6.45) is -15.7. The number of ether oxygens (including phenoxy) is 15. The van der Waals surface area contributed by atoms with Gasteiger partial charge in [0.15, 0.2) is 25.2 Å². The number of hydrogen-bond donors (Lipinski definition) is 2. The fourth-order valence-electron chi connectivity index (χ4n) is 11.9. The van der Waals surface area contributed by atoms with Crippen molar-refractivity contribution in [3.63, 3.8) is 0 Å². The number of aliphatic hydroxyl groups excluding tert-OH is 1. The van der Waals surface area contributed by atoms with Gasteiger partial charge < -0.3 is 81.5 Å². The minimum Gasteiger partial charge on any atom is -0.497 e. The topological polar surface area (TPSA) is 188 Å². The highest BCUT2D eigenvalue weighted by Gasteiger charge is 2.57. The van der Waals surface area contributed by atoms with E-state index < -0.39 is 112 Å². The van der Waals surface area contributed by atoms with Crippen LogP contribution in [-0.4, -0.2) is 145 Å². The normalized spacial score (nSPS) is 27.9. The number of benzene rings is 7. The molecule has 0 aromatic heterocycles. The maximum Gasteiger partial charge on any atom is 0.217 e. The summed E-state index contributed by atoms with van der Waals surface area (Å²) in [4.78, 5) is 13.4. The number of amides is 1. The van der Waals surface area contributed by atoms with Crippen molar-refractivity contribution in [1.82, 2.24) is 5.32 Å². The second kappa shape index (κ2) is 34.4. The summed E-state index contributed by atoms with van der Waals surface area (Å²) in [5.41, 5.74) is 6.16. The van der Waals surface area contributed by atoms with Crippen LogP contribution in [0, 0.1) is 0 Å². The average Bonchev–Trinajstić information content (AvgIpc) is 0.774. The quantitative estimate of drug-likeness (QED) is 0.0390. The number of aliphatic hydroxyl groups is 1. The fourth-order valence-corrected chi connectivity index (χ4v) is 12.7. The molecule has 0 unspecified atom stereocenters. The van der Waals surface area contributed by atoms with Crippen LogP contribution in [0.5, 0.6) is 5.75 Å². The maximum atomic E-state index is 13.4. The Hall–Kier alpha value is -6.57. The lowest BCUT2D eigenvalue weighted by Crippen LogP contribution is -2.70. The van der Waals surface area contributed by atoms with Crippen molar-refractivity contribution in [2.24, 2.45) is 0 Å². The van der Waals surface area contributed by atoms with Crippen molar-refractivity contribution in [3.8, 4) is 5.75 Å². The van der Waals surface area contributed by atoms with Crippen LogP contribution in [0.25, 0.3) is 0 Å². The molecule has 11 rings (SSSR count). The van der Waals surface area contributed by atoms with Crippen molar-refractivity contribution in [2.75, 3.05) is 33.5 Å². The van der Waals surface area contributed by atoms with Gasteiger partial charge in [-0.2, -0.15) is 0 Å². The molecule has 0 saturated carbocycles. The molecule has 4 aliphatic rings. The van der Waals surface area contributed by atoms with Gasteiger partial charge in [0.25, 0.3) is 0 Å². The molecular weight excluding hydrogens is 1210 g/mol. The highest BCUT2D eigenvalue weighted by molar-refractivity contribution is 6.76. The van der Waals surface area contributed by atoms with E-state index in [0.717, 1.165) is 45.0 Å². The molecule has 0 spiro atoms. The van der Waals surface area contributed by atoms with Gasteiger partial charge in [0.05, 0.1) is 66.6 Å². The molecule has 4 fully saturated rings. The second-order valence-corrected chi connectivity index (χ2v) is 30.9. The van der Waals surface area contributed by atoms with Crippen LogP contribution in [0.15, 0.2) is 206 Å². The van der Waals surface area contributed by atoms with E-state index in [2.05, 4.69) is 25.0 Å². The van der Waals surface area contributed by atoms with Crippen LogP contribution in [0.1, 0.15) is 52.2 Å². The molecule has 7 aromatic rings. The highest BCUT2D eigenvalue weighted by atomic mass is 28.3. The Morgan fingerprint density at radius 1 is 0.479 bits per heavy atom. The van der Waals surface area contributed by atoms with Crippen LogP contribution in [0.3, 0.4) is 0 Å². The maximum absolute atomic E-state index is 13.4. The predicted octanol–water partition coefficient (Wildman–Crippen LogP) is 11.0. The predicted molar refractivity (Wildman–Crippen MR) is 352 cm³/mol. The molecule has 16 atom stereocenters. The molecule has 0 bridgehead atoms. The lowest BCUT2D eigenvalue weighted by atomic mass is 9.94. The lowest BCUT2D eigenvalue weighted by Gasteiger charge is -2.52. The van der Waals surface area contributed by atoms with Crippen molar-refractivity contribution >= 4 is 14.0 Å². The zero-order valence-corrected chi connectivity index (χ0v) is 55.1. The third kappa shape index (κ3) is 19.3. The third-order valence-electron chi connectivity index (χ3n) is 17.0. The molecule has 4 saturated heterocycles. The first kappa shape index (κ1) is 68.8. The molecule has 1 amide bonds. The molecule has 500 valence electrons. The first-order valence-electron chi connectivity index (χ1n) is 32.5. The number of methoxy groups -OCH3 is 1. The molecule has 0 aliphatic carbocycles. The van der Waals surface area contributed by atoms with Gasteiger partial charge in [0, 0.05) is 27.2 Å². The van der Waals surface area contributed by atoms with Gasteiger partial charge in [0.2, 0.25) is 5.91 Å². The van der Waals surface area contributed by atoms with Crippen LogP contribution in [0.2, 0.25) is 25.7 Å². The standard InChI is InChI=1S/C75H89NO17Si/c1-51(77)76-63-64(78)65-62(50-87-72(91-65)58-34-22-11-23-35-58)88-73(63)92-66-61(49-81-43-53-26-14-7-15-27-53)90-75(71(86-46-56-32-20-10-21-33-56)69(66)84-47-57-36-38-59(79-2)39-37-57)93-67-60(48-80-42-52-24-12-6-13-25-52)89-74(82-40-41-94(3,4)5)70(85-45-55-30-18-9-19-31-55)68(67)83-44-54-28-16-8-17-29-54/h6-39,60-75,78H,40-50H2,1-5H3,(H,76,77)/t60-,61-,62-,63-,64-,65+,66+,67-,68+,69+,70-,71-,72+,73+,74-,75+/m1/s1. The van der Waals surface area contributed by atoms with E-state index >= 15 is 0 Å². The first-order valence-corrected chi connectivity index (χ1v) is 36.2. The van der Waals surface area contributed by atoms with E-state index in [9.17, 15) is 9.90 Å². The molecule has 19 heteroatoms. The summed E-state index contributed by atoms with van der Waals surface area (Å²) in [6.45, 7) is 9.65. The number of hydrogen-bond acceptors (Lipinski definition) is 17. The molecule has 4 aliphatic heterocycles. The van der Waals surface area contributed by atoms with Crippen molar-refractivity contribution in [1.29, 1.82) is 0 Å². The van der Waals surface area contributed by atoms with Crippen molar-refractivity contribution in [3.05, 3.63) is 245 Å². The van der Waals surface area contributed by atoms with Gasteiger partial charge in [0.1, 0.15) is 78.9 Å². The van der Waals surface area contributed by atoms with Gasteiger partial charge in [-0.25, -0.2) is 0 Å². The monoisotopic (exact) mass is 1300 g/mol. The largest absolute Gasteiger partial charge is 0.497 e. The van der Waals surface area contributed by atoms with Crippen molar-refractivity contribution < 1.29 is 81.0 Å². The zero-order valence-electron chi connectivity index (χ0n) is 54.1. The van der Waals surface area contributed by atoms with E-state index in [-0.39, 0.29) is 59.5 Å². The summed E-state index contributed by atoms with van der Waals surface area (Å²) in [5, 5.41) is 15.5. The fraction of sp³-hybridized carbons (Fsp3) is 0.427. The molecule has 4 heterocycles. The Labute approximate surface area is 552 Å². The van der Waals surface area contributed by atoms with Crippen LogP contribution >= 0.6 is 0 Å². The van der Waals surface area contributed by atoms with Gasteiger partial charge in [-0.05, 0) is 51.6 Å². The molecule has 2 N–H and O–H groups in total. The Morgan fingerprint density at radius 2 is 0.894 bits per heavy atom. The van der Waals surface area contributed by atoms with E-state index in [1.54, 1.807) is 7.11 Å². The summed E-state index contributed by atoms with van der Waals surface area (Å²) in [7, 11) is -0.00552. The second-order valence-electron chi connectivity index (χ2n) is 25.3. The summed E-state index contributed by atoms with van der Waals surface area (Å²) >= 11 is 0. The number of fused-ring (bicyclic) bond motifs is 1. The summed E-state index contributed by atoms with van der Waals surface area (Å²) < 4.78 is 104. The van der Waals surface area contributed by atoms with Crippen LogP contribution in [0.4, 0.5) is 0 Å². The highest BCUT2D eigenvalue weighted by Crippen LogP contribution is 2.40. The van der Waals surface area contributed by atoms with Crippen LogP contribution in [-0.2, 0) is 111 Å². The Morgan fingerprint density at radius 3 is 1.35 bits per heavy atom. The smallest absolute Gasteiger partial charge is 0.217 e. The van der Waals surface area contributed by atoms with E-state index in [1.165, 1.54) is 6.92 Å². The first-order chi connectivity index (χ1) is 45.9. The average molecular weight is 1300 g/mol. The minimum atomic E-state index is -1.62. The lowest BCUT2D eigenvalue weighted by molar-refractivity contribution is -0.394. The molecule has 94 heavy (non-hydrogen) atoms. The molecule has 0 radical (unpaired) electrons. The Kier molecular flexibility index (Phi) is 25.2. The van der Waals surface area contributed by atoms with Crippen molar-refractivity contribution in [2.45, 2.75) is 171 Å². The van der Waals surface area contributed by atoms with Gasteiger partial charge in [-0.1, -0.05) is 214 Å². The molecule has 18 nitrogen and oxygen atoms in total. The van der Waals surface area contributed by atoms with Gasteiger partial charge >= 0.3 is 0 Å². The molecular formula is C75H89NO17Si. The SMILES string of the molecule is COc1ccc(CO[C@H]2[C@@H](O[C@@H]3O[C@@H]4CO[C@H](c5ccccc5)O[C@@H]4[C@H](O)[C@H]3NC(C)=O)[C@@H](COCc3ccccc3)O[C@@H](O[C@H]3[C@H](OCc4ccccc4)[C@@H](OCc4ccccc4)[C@H](OCC[Si](C)(C)C)O[C@@H]3COCc3ccccc3)[C@@H]2OCc2ccccc2)cc1. The minimum absolute atomic E-state index is 0.0301. The Bertz CT molecular complexity index is 3310. The number of nitrogens with one attached hydrogen (secondary N) is 1. The van der Waals surface area contributed by atoms with Crippen LogP contribution < -0.4 is 10.1 Å².